The lowest BCUT2D eigenvalue weighted by Gasteiger charge is -2.12. The summed E-state index contributed by atoms with van der Waals surface area (Å²) < 4.78 is 19.4. The molecule has 0 heterocycles. The van der Waals surface area contributed by atoms with Crippen LogP contribution in [0.2, 0.25) is 0 Å². The fourth-order valence-electron chi connectivity index (χ4n) is 1.67. The van der Waals surface area contributed by atoms with Gasteiger partial charge in [0, 0.05) is 5.56 Å². The van der Waals surface area contributed by atoms with Crippen LogP contribution in [0, 0.1) is 5.82 Å². The van der Waals surface area contributed by atoms with E-state index in [0.29, 0.717) is 10.0 Å². The van der Waals surface area contributed by atoms with Crippen LogP contribution in [0.5, 0.6) is 5.75 Å². The Bertz CT molecular complexity index is 542. The molecule has 0 spiro atoms. The maximum Gasteiger partial charge on any atom is 0.142 e. The van der Waals surface area contributed by atoms with E-state index in [-0.39, 0.29) is 5.82 Å². The summed E-state index contributed by atoms with van der Waals surface area (Å²) in [6.45, 7) is 0. The number of halogens is 3. The van der Waals surface area contributed by atoms with Crippen LogP contribution in [0.4, 0.5) is 4.39 Å². The third-order valence-electron chi connectivity index (χ3n) is 2.66. The molecule has 0 radical (unpaired) electrons. The van der Waals surface area contributed by atoms with Crippen molar-refractivity contribution in [3.63, 3.8) is 0 Å². The number of hydrogen-bond acceptors (Lipinski definition) is 1. The van der Waals surface area contributed by atoms with Crippen molar-refractivity contribution in [1.29, 1.82) is 0 Å². The van der Waals surface area contributed by atoms with Gasteiger partial charge in [0.2, 0.25) is 0 Å². The lowest BCUT2D eigenvalue weighted by atomic mass is 10.0. The van der Waals surface area contributed by atoms with Crippen LogP contribution < -0.4 is 4.74 Å². The number of rotatable bonds is 3. The molecule has 0 aliphatic carbocycles. The molecule has 0 aliphatic heterocycles. The van der Waals surface area contributed by atoms with Crippen molar-refractivity contribution >= 4 is 27.5 Å². The molecule has 0 aliphatic rings. The van der Waals surface area contributed by atoms with Gasteiger partial charge in [-0.1, -0.05) is 24.3 Å². The molecule has 1 atom stereocenters. The van der Waals surface area contributed by atoms with Crippen LogP contribution >= 0.6 is 27.5 Å². The first-order valence-electron chi connectivity index (χ1n) is 5.35. The largest absolute Gasteiger partial charge is 0.497 e. The van der Waals surface area contributed by atoms with Crippen LogP contribution in [0.25, 0.3) is 0 Å². The van der Waals surface area contributed by atoms with Gasteiger partial charge in [0.1, 0.15) is 11.6 Å². The average molecular weight is 330 g/mol. The van der Waals surface area contributed by atoms with Gasteiger partial charge in [-0.2, -0.15) is 0 Å². The Balaban J connectivity index is 2.35. The highest BCUT2D eigenvalue weighted by Crippen LogP contribution is 2.33. The molecule has 0 saturated carbocycles. The summed E-state index contributed by atoms with van der Waals surface area (Å²) in [4.78, 5) is 0. The van der Waals surface area contributed by atoms with E-state index in [1.165, 1.54) is 0 Å². The molecule has 4 heteroatoms. The molecule has 0 aromatic heterocycles. The summed E-state index contributed by atoms with van der Waals surface area (Å²) >= 11 is 9.46. The first-order valence-corrected chi connectivity index (χ1v) is 6.58. The van der Waals surface area contributed by atoms with Gasteiger partial charge < -0.3 is 4.74 Å². The van der Waals surface area contributed by atoms with Crippen molar-refractivity contribution in [2.45, 2.75) is 5.38 Å². The number of hydrogen-bond donors (Lipinski definition) is 0. The van der Waals surface area contributed by atoms with Crippen LogP contribution in [0.3, 0.4) is 0 Å². The molecular formula is C14H11BrClFO. The van der Waals surface area contributed by atoms with Crippen molar-refractivity contribution in [1.82, 2.24) is 0 Å². The molecule has 1 nitrogen and oxygen atoms in total. The molecule has 0 bridgehead atoms. The Hall–Kier alpha value is -1.06. The zero-order valence-electron chi connectivity index (χ0n) is 9.66. The quantitative estimate of drug-likeness (QED) is 0.726. The third-order valence-corrected chi connectivity index (χ3v) is 3.76. The fourth-order valence-corrected chi connectivity index (χ4v) is 2.36. The second-order valence-electron chi connectivity index (χ2n) is 3.78. The van der Waals surface area contributed by atoms with Crippen LogP contribution in [-0.4, -0.2) is 7.11 Å². The minimum Gasteiger partial charge on any atom is -0.497 e. The second kappa shape index (κ2) is 5.72. The highest BCUT2D eigenvalue weighted by Gasteiger charge is 2.16. The second-order valence-corrected chi connectivity index (χ2v) is 5.07. The highest BCUT2D eigenvalue weighted by molar-refractivity contribution is 9.10. The monoisotopic (exact) mass is 328 g/mol. The Morgan fingerprint density at radius 2 is 1.83 bits per heavy atom. The van der Waals surface area contributed by atoms with Crippen LogP contribution in [-0.2, 0) is 0 Å². The van der Waals surface area contributed by atoms with Crippen LogP contribution in [0.15, 0.2) is 46.9 Å². The summed E-state index contributed by atoms with van der Waals surface area (Å²) in [5.41, 5.74) is 1.28. The maximum absolute atomic E-state index is 13.9. The number of alkyl halides is 1. The van der Waals surface area contributed by atoms with E-state index in [1.54, 1.807) is 37.4 Å². The molecule has 0 N–H and O–H groups in total. The van der Waals surface area contributed by atoms with Gasteiger partial charge in [0.05, 0.1) is 17.0 Å². The average Bonchev–Trinajstić information content (AvgIpc) is 2.41. The molecule has 2 aromatic carbocycles. The van der Waals surface area contributed by atoms with E-state index < -0.39 is 5.38 Å². The minimum atomic E-state index is -0.520. The van der Waals surface area contributed by atoms with Gasteiger partial charge in [-0.3, -0.25) is 0 Å². The van der Waals surface area contributed by atoms with Crippen molar-refractivity contribution < 1.29 is 9.13 Å². The fraction of sp³-hybridized carbons (Fsp3) is 0.143. The molecule has 0 amide bonds. The van der Waals surface area contributed by atoms with E-state index in [1.807, 2.05) is 12.1 Å². The summed E-state index contributed by atoms with van der Waals surface area (Å²) in [5, 5.41) is -0.520. The Morgan fingerprint density at radius 3 is 2.44 bits per heavy atom. The molecule has 2 rings (SSSR count). The number of methoxy groups -OCH3 is 1. The smallest absolute Gasteiger partial charge is 0.142 e. The van der Waals surface area contributed by atoms with E-state index >= 15 is 0 Å². The first kappa shape index (κ1) is 13.4. The lowest BCUT2D eigenvalue weighted by molar-refractivity contribution is 0.414. The van der Waals surface area contributed by atoms with Crippen molar-refractivity contribution in [3.05, 3.63) is 63.9 Å². The van der Waals surface area contributed by atoms with Crippen molar-refractivity contribution in [2.24, 2.45) is 0 Å². The first-order chi connectivity index (χ1) is 8.63. The normalized spacial score (nSPS) is 12.2. The zero-order chi connectivity index (χ0) is 13.1. The summed E-state index contributed by atoms with van der Waals surface area (Å²) in [6.07, 6.45) is 0. The maximum atomic E-state index is 13.9. The molecule has 0 saturated heterocycles. The zero-order valence-corrected chi connectivity index (χ0v) is 12.0. The predicted molar refractivity (Wildman–Crippen MR) is 74.8 cm³/mol. The Morgan fingerprint density at radius 1 is 1.17 bits per heavy atom. The third kappa shape index (κ3) is 2.68. The molecular weight excluding hydrogens is 319 g/mol. The number of ether oxygens (including phenoxy) is 1. The standard InChI is InChI=1S/C14H11BrClFO/c1-18-10-7-5-9(6-8-10)13(16)11-3-2-4-12(15)14(11)17/h2-8,13H,1H3. The van der Waals surface area contributed by atoms with Crippen molar-refractivity contribution in [2.75, 3.05) is 7.11 Å². The van der Waals surface area contributed by atoms with E-state index in [9.17, 15) is 4.39 Å². The van der Waals surface area contributed by atoms with Crippen molar-refractivity contribution in [3.8, 4) is 5.75 Å². The van der Waals surface area contributed by atoms with Gasteiger partial charge in [0.15, 0.2) is 0 Å². The summed E-state index contributed by atoms with van der Waals surface area (Å²) in [7, 11) is 1.60. The Kier molecular flexibility index (Phi) is 4.25. The minimum absolute atomic E-state index is 0.326. The van der Waals surface area contributed by atoms with E-state index in [0.717, 1.165) is 11.3 Å². The topological polar surface area (TPSA) is 9.23 Å². The van der Waals surface area contributed by atoms with Gasteiger partial charge >= 0.3 is 0 Å². The molecule has 2 aromatic rings. The predicted octanol–water partition coefficient (Wildman–Crippen LogP) is 4.93. The molecule has 1 unspecified atom stereocenters. The highest BCUT2D eigenvalue weighted by atomic mass is 79.9. The van der Waals surface area contributed by atoms with Gasteiger partial charge in [-0.25, -0.2) is 4.39 Å². The Labute approximate surface area is 119 Å². The van der Waals surface area contributed by atoms with E-state index in [2.05, 4.69) is 15.9 Å². The molecule has 0 fully saturated rings. The van der Waals surface area contributed by atoms with Gasteiger partial charge in [0.25, 0.3) is 0 Å². The SMILES string of the molecule is COc1ccc(C(Cl)c2cccc(Br)c2F)cc1. The van der Waals surface area contributed by atoms with Gasteiger partial charge in [-0.05, 0) is 39.7 Å². The molecule has 94 valence electrons. The lowest BCUT2D eigenvalue weighted by Crippen LogP contribution is -1.97. The summed E-state index contributed by atoms with van der Waals surface area (Å²) in [6, 6.07) is 12.4. The van der Waals surface area contributed by atoms with Gasteiger partial charge in [-0.15, -0.1) is 11.6 Å². The summed E-state index contributed by atoms with van der Waals surface area (Å²) in [5.74, 6) is 0.422. The van der Waals surface area contributed by atoms with Crippen LogP contribution in [0.1, 0.15) is 16.5 Å². The number of benzene rings is 2. The van der Waals surface area contributed by atoms with E-state index in [4.69, 9.17) is 16.3 Å². The molecule has 18 heavy (non-hydrogen) atoms.